The maximum atomic E-state index is 11.9. The minimum absolute atomic E-state index is 0.0688. The van der Waals surface area contributed by atoms with Crippen LogP contribution in [0.2, 0.25) is 0 Å². The molecule has 1 unspecified atom stereocenters. The number of carbonyl (C=O) groups is 2. The van der Waals surface area contributed by atoms with E-state index in [1.165, 1.54) is 0 Å². The molecule has 1 amide bonds. The molecule has 0 saturated carbocycles. The third kappa shape index (κ3) is 3.18. The number of carbonyl (C=O) groups excluding carboxylic acids is 1. The first-order valence-electron chi connectivity index (χ1n) is 7.25. The Morgan fingerprint density at radius 3 is 3.00 bits per heavy atom. The van der Waals surface area contributed by atoms with Gasteiger partial charge in [0, 0.05) is 37.3 Å². The predicted octanol–water partition coefficient (Wildman–Crippen LogP) is 1.31. The minimum Gasteiger partial charge on any atom is -0.497 e. The van der Waals surface area contributed by atoms with Crippen LogP contribution < -0.4 is 4.74 Å². The van der Waals surface area contributed by atoms with Gasteiger partial charge in [-0.3, -0.25) is 9.59 Å². The fourth-order valence-corrected chi connectivity index (χ4v) is 2.65. The van der Waals surface area contributed by atoms with E-state index in [1.807, 2.05) is 30.5 Å². The lowest BCUT2D eigenvalue weighted by Gasteiger charge is -2.14. The third-order valence-corrected chi connectivity index (χ3v) is 3.89. The van der Waals surface area contributed by atoms with Gasteiger partial charge in [-0.2, -0.15) is 5.10 Å². The first-order chi connectivity index (χ1) is 11.1. The number of methoxy groups -OCH3 is 1. The summed E-state index contributed by atoms with van der Waals surface area (Å²) >= 11 is 0. The normalized spacial score (nSPS) is 17.5. The molecule has 1 aliphatic rings. The van der Waals surface area contributed by atoms with E-state index in [1.54, 1.807) is 22.9 Å². The van der Waals surface area contributed by atoms with Crippen molar-refractivity contribution in [2.75, 3.05) is 13.7 Å². The van der Waals surface area contributed by atoms with Crippen molar-refractivity contribution in [3.63, 3.8) is 0 Å². The Hall–Kier alpha value is -2.83. The lowest BCUT2D eigenvalue weighted by atomic mass is 10.1. The van der Waals surface area contributed by atoms with E-state index in [2.05, 4.69) is 5.10 Å². The second-order valence-electron chi connectivity index (χ2n) is 5.51. The molecule has 1 N–H and O–H groups in total. The summed E-state index contributed by atoms with van der Waals surface area (Å²) in [7, 11) is 1.60. The zero-order valence-electron chi connectivity index (χ0n) is 12.7. The number of hydrogen-bond donors (Lipinski definition) is 1. The maximum Gasteiger partial charge on any atom is 0.308 e. The Labute approximate surface area is 133 Å². The van der Waals surface area contributed by atoms with Crippen LogP contribution >= 0.6 is 0 Å². The number of rotatable bonds is 5. The Balaban J connectivity index is 1.72. The van der Waals surface area contributed by atoms with E-state index in [4.69, 9.17) is 9.84 Å². The van der Waals surface area contributed by atoms with Crippen molar-refractivity contribution < 1.29 is 19.4 Å². The average molecular weight is 315 g/mol. The van der Waals surface area contributed by atoms with Gasteiger partial charge >= 0.3 is 5.97 Å². The van der Waals surface area contributed by atoms with Gasteiger partial charge in [0.05, 0.1) is 24.9 Å². The highest BCUT2D eigenvalue weighted by atomic mass is 16.5. The van der Waals surface area contributed by atoms with Gasteiger partial charge in [0.1, 0.15) is 5.75 Å². The molecule has 0 radical (unpaired) electrons. The van der Waals surface area contributed by atoms with Crippen LogP contribution in [0, 0.1) is 5.92 Å². The SMILES string of the molecule is COc1cccc(-n2cc(CN3CC(C(=O)O)CC3=O)cn2)c1. The molecule has 120 valence electrons. The predicted molar refractivity (Wildman–Crippen MR) is 81.3 cm³/mol. The molecule has 1 aromatic carbocycles. The second kappa shape index (κ2) is 6.12. The van der Waals surface area contributed by atoms with Crippen LogP contribution in [-0.4, -0.2) is 45.3 Å². The van der Waals surface area contributed by atoms with Gasteiger partial charge < -0.3 is 14.7 Å². The molecular formula is C16H17N3O4. The number of amides is 1. The van der Waals surface area contributed by atoms with Crippen molar-refractivity contribution in [2.45, 2.75) is 13.0 Å². The van der Waals surface area contributed by atoms with Gasteiger partial charge in [0.25, 0.3) is 0 Å². The van der Waals surface area contributed by atoms with Crippen LogP contribution in [0.3, 0.4) is 0 Å². The van der Waals surface area contributed by atoms with Crippen molar-refractivity contribution in [1.82, 2.24) is 14.7 Å². The summed E-state index contributed by atoms with van der Waals surface area (Å²) in [6.07, 6.45) is 3.58. The van der Waals surface area contributed by atoms with E-state index < -0.39 is 11.9 Å². The molecule has 2 aromatic rings. The maximum absolute atomic E-state index is 11.9. The Kier molecular flexibility index (Phi) is 4.01. The van der Waals surface area contributed by atoms with Crippen LogP contribution in [0.25, 0.3) is 5.69 Å². The monoisotopic (exact) mass is 315 g/mol. The molecule has 0 aliphatic carbocycles. The average Bonchev–Trinajstić information content (AvgIpc) is 3.15. The number of nitrogens with zero attached hydrogens (tertiary/aromatic N) is 3. The number of benzene rings is 1. The minimum atomic E-state index is -0.923. The lowest BCUT2D eigenvalue weighted by molar-refractivity contribution is -0.141. The summed E-state index contributed by atoms with van der Waals surface area (Å²) in [4.78, 5) is 24.4. The van der Waals surface area contributed by atoms with Crippen LogP contribution in [0.1, 0.15) is 12.0 Å². The van der Waals surface area contributed by atoms with Crippen LogP contribution in [0.4, 0.5) is 0 Å². The number of ether oxygens (including phenoxy) is 1. The molecule has 7 nitrogen and oxygen atoms in total. The zero-order chi connectivity index (χ0) is 16.4. The quantitative estimate of drug-likeness (QED) is 0.899. The summed E-state index contributed by atoms with van der Waals surface area (Å²) in [5.74, 6) is -0.936. The molecule has 1 saturated heterocycles. The Morgan fingerprint density at radius 1 is 1.48 bits per heavy atom. The molecule has 1 aliphatic heterocycles. The van der Waals surface area contributed by atoms with Crippen LogP contribution in [0.15, 0.2) is 36.7 Å². The third-order valence-electron chi connectivity index (χ3n) is 3.89. The van der Waals surface area contributed by atoms with Crippen molar-refractivity contribution in [3.05, 3.63) is 42.2 Å². The van der Waals surface area contributed by atoms with E-state index in [0.717, 1.165) is 17.0 Å². The van der Waals surface area contributed by atoms with Gasteiger partial charge in [-0.25, -0.2) is 4.68 Å². The molecule has 3 rings (SSSR count). The van der Waals surface area contributed by atoms with Crippen molar-refractivity contribution >= 4 is 11.9 Å². The summed E-state index contributed by atoms with van der Waals surface area (Å²) in [6.45, 7) is 0.616. The molecule has 1 aromatic heterocycles. The summed E-state index contributed by atoms with van der Waals surface area (Å²) in [5.41, 5.74) is 1.71. The number of carboxylic acids is 1. The van der Waals surface area contributed by atoms with Gasteiger partial charge in [0.15, 0.2) is 0 Å². The smallest absolute Gasteiger partial charge is 0.308 e. The number of likely N-dealkylation sites (tertiary alicyclic amines) is 1. The van der Waals surface area contributed by atoms with Gasteiger partial charge in [-0.1, -0.05) is 6.07 Å². The molecule has 1 atom stereocenters. The van der Waals surface area contributed by atoms with Crippen molar-refractivity contribution in [1.29, 1.82) is 0 Å². The molecule has 0 bridgehead atoms. The van der Waals surface area contributed by atoms with Crippen molar-refractivity contribution in [3.8, 4) is 11.4 Å². The molecule has 1 fully saturated rings. The summed E-state index contributed by atoms with van der Waals surface area (Å²) < 4.78 is 6.89. The topological polar surface area (TPSA) is 84.7 Å². The summed E-state index contributed by atoms with van der Waals surface area (Å²) in [6, 6.07) is 7.48. The number of aromatic nitrogens is 2. The molecule has 7 heteroatoms. The summed E-state index contributed by atoms with van der Waals surface area (Å²) in [5, 5.41) is 13.3. The number of aliphatic carboxylic acids is 1. The standard InChI is InChI=1S/C16H17N3O4/c1-23-14-4-2-3-13(6-14)19-9-11(7-17-19)8-18-10-12(16(21)22)5-15(18)20/h2-4,6-7,9,12H,5,8,10H2,1H3,(H,21,22). The van der Waals surface area contributed by atoms with Gasteiger partial charge in [-0.15, -0.1) is 0 Å². The van der Waals surface area contributed by atoms with Gasteiger partial charge in [-0.05, 0) is 12.1 Å². The van der Waals surface area contributed by atoms with Gasteiger partial charge in [0.2, 0.25) is 5.91 Å². The van der Waals surface area contributed by atoms with E-state index in [-0.39, 0.29) is 18.9 Å². The highest BCUT2D eigenvalue weighted by Crippen LogP contribution is 2.21. The highest BCUT2D eigenvalue weighted by molar-refractivity contribution is 5.86. The Bertz CT molecular complexity index is 740. The van der Waals surface area contributed by atoms with Crippen LogP contribution in [0.5, 0.6) is 5.75 Å². The Morgan fingerprint density at radius 2 is 2.30 bits per heavy atom. The molecule has 23 heavy (non-hydrogen) atoms. The molecule has 0 spiro atoms. The molecule has 2 heterocycles. The van der Waals surface area contributed by atoms with E-state index >= 15 is 0 Å². The first-order valence-corrected chi connectivity index (χ1v) is 7.25. The highest BCUT2D eigenvalue weighted by Gasteiger charge is 2.34. The number of hydrogen-bond acceptors (Lipinski definition) is 4. The van der Waals surface area contributed by atoms with Crippen LogP contribution in [-0.2, 0) is 16.1 Å². The molecular weight excluding hydrogens is 298 g/mol. The lowest BCUT2D eigenvalue weighted by Crippen LogP contribution is -2.25. The second-order valence-corrected chi connectivity index (χ2v) is 5.51. The van der Waals surface area contributed by atoms with Crippen molar-refractivity contribution in [2.24, 2.45) is 5.92 Å². The fraction of sp³-hybridized carbons (Fsp3) is 0.312. The van der Waals surface area contributed by atoms with E-state index in [0.29, 0.717) is 6.54 Å². The fourth-order valence-electron chi connectivity index (χ4n) is 2.65. The first kappa shape index (κ1) is 15.1. The largest absolute Gasteiger partial charge is 0.497 e. The van der Waals surface area contributed by atoms with E-state index in [9.17, 15) is 9.59 Å². The zero-order valence-corrected chi connectivity index (χ0v) is 12.7. The number of carboxylic acid groups (broad SMARTS) is 1.